The van der Waals surface area contributed by atoms with Gasteiger partial charge in [0.05, 0.1) is 0 Å². The van der Waals surface area contributed by atoms with E-state index in [1.807, 2.05) is 0 Å². The summed E-state index contributed by atoms with van der Waals surface area (Å²) < 4.78 is 36.9. The van der Waals surface area contributed by atoms with E-state index in [0.717, 1.165) is 0 Å². The lowest BCUT2D eigenvalue weighted by molar-refractivity contribution is -0.149. The van der Waals surface area contributed by atoms with Gasteiger partial charge in [-0.15, -0.1) is 0 Å². The Morgan fingerprint density at radius 2 is 1.95 bits per heavy atom. The molecule has 0 aliphatic carbocycles. The lowest BCUT2D eigenvalue weighted by Crippen LogP contribution is -2.42. The Kier molecular flexibility index (Phi) is 4.36. The van der Waals surface area contributed by atoms with Gasteiger partial charge >= 0.3 is 12.1 Å². The first kappa shape index (κ1) is 14.8. The fourth-order valence-electron chi connectivity index (χ4n) is 1.43. The number of carbonyl (C=O) groups is 2. The van der Waals surface area contributed by atoms with E-state index >= 15 is 0 Å². The maximum Gasteiger partial charge on any atom is 0.406 e. The minimum absolute atomic E-state index is 0.0921. The molecule has 0 saturated heterocycles. The van der Waals surface area contributed by atoms with Crippen molar-refractivity contribution in [3.8, 4) is 0 Å². The fourth-order valence-corrected chi connectivity index (χ4v) is 1.43. The third kappa shape index (κ3) is 4.86. The minimum Gasteiger partial charge on any atom is -0.480 e. The highest BCUT2D eigenvalue weighted by atomic mass is 19.4. The Hall–Kier alpha value is -2.25. The summed E-state index contributed by atoms with van der Waals surface area (Å²) in [5.74, 6) is -2.56. The van der Waals surface area contributed by atoms with Crippen LogP contribution < -0.4 is 5.73 Å². The molecule has 19 heavy (non-hydrogen) atoms. The number of carboxylic acid groups (broad SMARTS) is 1. The smallest absolute Gasteiger partial charge is 0.406 e. The van der Waals surface area contributed by atoms with Gasteiger partial charge in [0, 0.05) is 11.3 Å². The highest BCUT2D eigenvalue weighted by Crippen LogP contribution is 2.18. The molecule has 5 nitrogen and oxygen atoms in total. The molecule has 0 spiro atoms. The lowest BCUT2D eigenvalue weighted by atomic mass is 10.1. The minimum atomic E-state index is -4.68. The van der Waals surface area contributed by atoms with Crippen molar-refractivity contribution in [2.75, 3.05) is 18.8 Å². The lowest BCUT2D eigenvalue weighted by Gasteiger charge is -2.22. The summed E-state index contributed by atoms with van der Waals surface area (Å²) in [4.78, 5) is 22.5. The van der Waals surface area contributed by atoms with Crippen molar-refractivity contribution in [2.45, 2.75) is 6.18 Å². The first-order valence-corrected chi connectivity index (χ1v) is 5.12. The first-order valence-electron chi connectivity index (χ1n) is 5.12. The monoisotopic (exact) mass is 276 g/mol. The van der Waals surface area contributed by atoms with Crippen molar-refractivity contribution < 1.29 is 27.9 Å². The number of aliphatic carboxylic acids is 1. The molecule has 0 aromatic heterocycles. The van der Waals surface area contributed by atoms with Crippen molar-refractivity contribution in [2.24, 2.45) is 0 Å². The Labute approximate surface area is 106 Å². The van der Waals surface area contributed by atoms with E-state index in [1.165, 1.54) is 24.3 Å². The van der Waals surface area contributed by atoms with Gasteiger partial charge in [-0.2, -0.15) is 13.2 Å². The molecule has 1 amide bonds. The van der Waals surface area contributed by atoms with Crippen molar-refractivity contribution in [1.82, 2.24) is 4.90 Å². The number of hydrogen-bond donors (Lipinski definition) is 2. The number of carboxylic acids is 1. The van der Waals surface area contributed by atoms with Crippen LogP contribution in [0.25, 0.3) is 0 Å². The summed E-state index contributed by atoms with van der Waals surface area (Å²) in [5.41, 5.74) is 5.53. The highest BCUT2D eigenvalue weighted by Gasteiger charge is 2.34. The average molecular weight is 276 g/mol. The van der Waals surface area contributed by atoms with E-state index < -0.39 is 31.1 Å². The Morgan fingerprint density at radius 1 is 1.32 bits per heavy atom. The average Bonchev–Trinajstić information content (AvgIpc) is 2.24. The predicted molar refractivity (Wildman–Crippen MR) is 60.4 cm³/mol. The summed E-state index contributed by atoms with van der Waals surface area (Å²) in [6, 6.07) is 5.31. The molecule has 0 fully saturated rings. The number of rotatable bonds is 4. The second-order valence-electron chi connectivity index (χ2n) is 3.80. The van der Waals surface area contributed by atoms with E-state index in [1.54, 1.807) is 0 Å². The zero-order valence-electron chi connectivity index (χ0n) is 9.65. The molecular weight excluding hydrogens is 265 g/mol. The topological polar surface area (TPSA) is 83.6 Å². The molecule has 0 aliphatic heterocycles. The molecule has 1 rings (SSSR count). The standard InChI is InChI=1S/C11H11F3N2O3/c12-11(13,14)6-16(5-9(17)18)10(19)7-2-1-3-8(15)4-7/h1-4H,5-6,15H2,(H,17,18). The van der Waals surface area contributed by atoms with Gasteiger partial charge in [0.15, 0.2) is 0 Å². The van der Waals surface area contributed by atoms with Gasteiger partial charge in [0.1, 0.15) is 13.1 Å². The highest BCUT2D eigenvalue weighted by molar-refractivity contribution is 5.96. The molecule has 0 radical (unpaired) electrons. The molecule has 0 atom stereocenters. The number of benzene rings is 1. The molecule has 0 saturated carbocycles. The van der Waals surface area contributed by atoms with Crippen molar-refractivity contribution >= 4 is 17.6 Å². The van der Waals surface area contributed by atoms with E-state index in [0.29, 0.717) is 0 Å². The van der Waals surface area contributed by atoms with Crippen LogP contribution in [0.3, 0.4) is 0 Å². The normalized spacial score (nSPS) is 11.1. The summed E-state index contributed by atoms with van der Waals surface area (Å²) >= 11 is 0. The number of alkyl halides is 3. The molecular formula is C11H11F3N2O3. The van der Waals surface area contributed by atoms with Crippen molar-refractivity contribution in [3.05, 3.63) is 29.8 Å². The number of nitrogens with two attached hydrogens (primary N) is 1. The van der Waals surface area contributed by atoms with Crippen LogP contribution >= 0.6 is 0 Å². The molecule has 104 valence electrons. The number of amides is 1. The van der Waals surface area contributed by atoms with Crippen molar-refractivity contribution in [3.63, 3.8) is 0 Å². The quantitative estimate of drug-likeness (QED) is 0.813. The van der Waals surface area contributed by atoms with E-state index in [4.69, 9.17) is 10.8 Å². The number of anilines is 1. The largest absolute Gasteiger partial charge is 0.480 e. The number of nitrogens with zero attached hydrogens (tertiary/aromatic N) is 1. The first-order chi connectivity index (χ1) is 8.69. The summed E-state index contributed by atoms with van der Waals surface area (Å²) in [5, 5.41) is 8.55. The molecule has 3 N–H and O–H groups in total. The van der Waals surface area contributed by atoms with Gasteiger partial charge in [0.2, 0.25) is 0 Å². The number of nitrogen functional groups attached to an aromatic ring is 1. The zero-order chi connectivity index (χ0) is 14.6. The van der Waals surface area contributed by atoms with E-state index in [9.17, 15) is 22.8 Å². The molecule has 0 heterocycles. The molecule has 0 bridgehead atoms. The van der Waals surface area contributed by atoms with Crippen LogP contribution in [0, 0.1) is 0 Å². The fraction of sp³-hybridized carbons (Fsp3) is 0.273. The summed E-state index contributed by atoms with van der Waals surface area (Å²) in [6.07, 6.45) is -4.68. The second-order valence-corrected chi connectivity index (χ2v) is 3.80. The van der Waals surface area contributed by atoms with E-state index in [-0.39, 0.29) is 16.2 Å². The van der Waals surface area contributed by atoms with Crippen LogP contribution in [-0.4, -0.2) is 41.1 Å². The molecule has 1 aromatic carbocycles. The number of carbonyl (C=O) groups excluding carboxylic acids is 1. The summed E-state index contributed by atoms with van der Waals surface area (Å²) in [6.45, 7) is -2.67. The van der Waals surface area contributed by atoms with Crippen LogP contribution in [0.15, 0.2) is 24.3 Å². The molecule has 0 unspecified atom stereocenters. The molecule has 1 aromatic rings. The van der Waals surface area contributed by atoms with Crippen LogP contribution in [0.2, 0.25) is 0 Å². The molecule has 0 aliphatic rings. The maximum atomic E-state index is 12.3. The van der Waals surface area contributed by atoms with Crippen LogP contribution in [0.1, 0.15) is 10.4 Å². The second kappa shape index (κ2) is 5.59. The summed E-state index contributed by atoms with van der Waals surface area (Å²) in [7, 11) is 0. The zero-order valence-corrected chi connectivity index (χ0v) is 9.65. The van der Waals surface area contributed by atoms with Crippen LogP contribution in [-0.2, 0) is 4.79 Å². The van der Waals surface area contributed by atoms with Crippen LogP contribution in [0.5, 0.6) is 0 Å². The van der Waals surface area contributed by atoms with Crippen LogP contribution in [0.4, 0.5) is 18.9 Å². The Morgan fingerprint density at radius 3 is 2.42 bits per heavy atom. The van der Waals surface area contributed by atoms with Gasteiger partial charge in [0.25, 0.3) is 5.91 Å². The van der Waals surface area contributed by atoms with Gasteiger partial charge in [-0.1, -0.05) is 6.07 Å². The number of halogens is 3. The van der Waals surface area contributed by atoms with Crippen molar-refractivity contribution in [1.29, 1.82) is 0 Å². The Balaban J connectivity index is 2.97. The van der Waals surface area contributed by atoms with Gasteiger partial charge < -0.3 is 15.7 Å². The van der Waals surface area contributed by atoms with Gasteiger partial charge in [-0.3, -0.25) is 9.59 Å². The third-order valence-electron chi connectivity index (χ3n) is 2.12. The predicted octanol–water partition coefficient (Wildman–Crippen LogP) is 1.36. The Bertz CT molecular complexity index is 488. The van der Waals surface area contributed by atoms with E-state index in [2.05, 4.69) is 0 Å². The third-order valence-corrected chi connectivity index (χ3v) is 2.12. The SMILES string of the molecule is Nc1cccc(C(=O)N(CC(=O)O)CC(F)(F)F)c1. The maximum absolute atomic E-state index is 12.3. The van der Waals surface area contributed by atoms with Gasteiger partial charge in [-0.05, 0) is 18.2 Å². The molecule has 8 heteroatoms. The number of hydrogen-bond acceptors (Lipinski definition) is 3. The van der Waals surface area contributed by atoms with Gasteiger partial charge in [-0.25, -0.2) is 0 Å².